The number of aromatic nitrogens is 1. The first-order chi connectivity index (χ1) is 13.4. The number of carbonyl (C=O) groups is 2. The molecule has 0 spiro atoms. The maximum atomic E-state index is 13.7. The van der Waals surface area contributed by atoms with Crippen LogP contribution in [0.1, 0.15) is 21.0 Å². The predicted octanol–water partition coefficient (Wildman–Crippen LogP) is 3.79. The molecule has 6 nitrogen and oxygen atoms in total. The molecule has 28 heavy (non-hydrogen) atoms. The highest BCUT2D eigenvalue weighted by Crippen LogP contribution is 2.17. The number of para-hydroxylation sites is 1. The van der Waals surface area contributed by atoms with Crippen molar-refractivity contribution < 1.29 is 14.0 Å². The fourth-order valence-corrected chi connectivity index (χ4v) is 2.47. The third-order valence-electron chi connectivity index (χ3n) is 3.98. The molecule has 0 aliphatic rings. The molecule has 0 atom stereocenters. The minimum Gasteiger partial charge on any atom is -0.378 e. The number of rotatable bonds is 5. The molecule has 2 N–H and O–H groups in total. The molecule has 3 rings (SSSR count). The van der Waals surface area contributed by atoms with Gasteiger partial charge in [-0.2, -0.15) is 0 Å². The number of pyridine rings is 1. The number of hydrogen-bond acceptors (Lipinski definition) is 4. The molecule has 0 radical (unpaired) electrons. The van der Waals surface area contributed by atoms with Gasteiger partial charge >= 0.3 is 0 Å². The minimum absolute atomic E-state index is 0.0128. The summed E-state index contributed by atoms with van der Waals surface area (Å²) in [5.41, 5.74) is 1.75. The number of anilines is 3. The maximum Gasteiger partial charge on any atom is 0.274 e. The van der Waals surface area contributed by atoms with Gasteiger partial charge in [-0.3, -0.25) is 9.59 Å². The average molecular weight is 378 g/mol. The van der Waals surface area contributed by atoms with Crippen LogP contribution in [0.5, 0.6) is 0 Å². The lowest BCUT2D eigenvalue weighted by atomic mass is 10.2. The Bertz CT molecular complexity index is 1000. The van der Waals surface area contributed by atoms with Gasteiger partial charge in [-0.1, -0.05) is 18.2 Å². The molecule has 2 amide bonds. The van der Waals surface area contributed by atoms with E-state index in [1.807, 2.05) is 31.1 Å². The molecule has 7 heteroatoms. The van der Waals surface area contributed by atoms with Crippen molar-refractivity contribution in [3.63, 3.8) is 0 Å². The quantitative estimate of drug-likeness (QED) is 0.708. The Balaban J connectivity index is 1.72. The second-order valence-corrected chi connectivity index (χ2v) is 6.24. The van der Waals surface area contributed by atoms with E-state index in [2.05, 4.69) is 15.6 Å². The zero-order chi connectivity index (χ0) is 20.1. The fraction of sp³-hybridized carbons (Fsp3) is 0.0952. The van der Waals surface area contributed by atoms with Crippen molar-refractivity contribution in [2.45, 2.75) is 0 Å². The van der Waals surface area contributed by atoms with Crippen LogP contribution in [0.2, 0.25) is 0 Å². The van der Waals surface area contributed by atoms with Crippen LogP contribution in [0.3, 0.4) is 0 Å². The molecular formula is C21H19FN4O2. The molecular weight excluding hydrogens is 359 g/mol. The smallest absolute Gasteiger partial charge is 0.274 e. The van der Waals surface area contributed by atoms with Crippen molar-refractivity contribution in [1.29, 1.82) is 0 Å². The number of benzene rings is 2. The van der Waals surface area contributed by atoms with Gasteiger partial charge in [0.1, 0.15) is 17.2 Å². The third kappa shape index (κ3) is 4.50. The lowest BCUT2D eigenvalue weighted by Gasteiger charge is -2.13. The Morgan fingerprint density at radius 2 is 1.43 bits per heavy atom. The van der Waals surface area contributed by atoms with Crippen LogP contribution in [0.25, 0.3) is 0 Å². The molecule has 142 valence electrons. The van der Waals surface area contributed by atoms with Gasteiger partial charge in [0, 0.05) is 25.5 Å². The van der Waals surface area contributed by atoms with Crippen LogP contribution in [-0.2, 0) is 0 Å². The van der Waals surface area contributed by atoms with Crippen LogP contribution >= 0.6 is 0 Å². The number of hydrogen-bond donors (Lipinski definition) is 2. The van der Waals surface area contributed by atoms with Gasteiger partial charge in [-0.15, -0.1) is 0 Å². The highest BCUT2D eigenvalue weighted by atomic mass is 19.1. The second kappa shape index (κ2) is 8.30. The molecule has 1 aromatic heterocycles. The van der Waals surface area contributed by atoms with E-state index < -0.39 is 17.6 Å². The summed E-state index contributed by atoms with van der Waals surface area (Å²) in [6.45, 7) is 0. The molecule has 0 aliphatic heterocycles. The summed E-state index contributed by atoms with van der Waals surface area (Å²) in [5, 5.41) is 5.18. The molecule has 1 heterocycles. The van der Waals surface area contributed by atoms with E-state index >= 15 is 0 Å². The molecule has 0 unspecified atom stereocenters. The summed E-state index contributed by atoms with van der Waals surface area (Å²) in [6.07, 6.45) is 0. The van der Waals surface area contributed by atoms with E-state index in [0.29, 0.717) is 5.69 Å². The summed E-state index contributed by atoms with van der Waals surface area (Å²) in [6, 6.07) is 17.6. The zero-order valence-corrected chi connectivity index (χ0v) is 15.4. The van der Waals surface area contributed by atoms with E-state index in [9.17, 15) is 14.0 Å². The monoisotopic (exact) mass is 378 g/mol. The van der Waals surface area contributed by atoms with Gasteiger partial charge in [0.15, 0.2) is 0 Å². The zero-order valence-electron chi connectivity index (χ0n) is 15.4. The Hall–Kier alpha value is -3.74. The summed E-state index contributed by atoms with van der Waals surface area (Å²) < 4.78 is 13.7. The number of nitrogens with zero attached hydrogens (tertiary/aromatic N) is 2. The Morgan fingerprint density at radius 3 is 2.04 bits per heavy atom. The van der Waals surface area contributed by atoms with Crippen molar-refractivity contribution in [3.05, 3.63) is 83.9 Å². The Morgan fingerprint density at radius 1 is 0.821 bits per heavy atom. The Kier molecular flexibility index (Phi) is 5.64. The van der Waals surface area contributed by atoms with Crippen molar-refractivity contribution in [3.8, 4) is 0 Å². The molecule has 0 aliphatic carbocycles. The summed E-state index contributed by atoms with van der Waals surface area (Å²) in [7, 11) is 3.85. The molecule has 0 fully saturated rings. The van der Waals surface area contributed by atoms with Crippen molar-refractivity contribution in [2.75, 3.05) is 29.6 Å². The van der Waals surface area contributed by atoms with Gasteiger partial charge in [-0.25, -0.2) is 9.37 Å². The van der Waals surface area contributed by atoms with Crippen molar-refractivity contribution in [1.82, 2.24) is 4.98 Å². The van der Waals surface area contributed by atoms with E-state index in [-0.39, 0.29) is 17.1 Å². The summed E-state index contributed by atoms with van der Waals surface area (Å²) >= 11 is 0. The summed E-state index contributed by atoms with van der Waals surface area (Å²) in [4.78, 5) is 30.8. The first-order valence-electron chi connectivity index (χ1n) is 8.56. The third-order valence-corrected chi connectivity index (χ3v) is 3.98. The number of nitrogens with one attached hydrogen (secondary N) is 2. The van der Waals surface area contributed by atoms with Gasteiger partial charge < -0.3 is 15.5 Å². The van der Waals surface area contributed by atoms with Gasteiger partial charge in [0.25, 0.3) is 11.8 Å². The normalized spacial score (nSPS) is 10.2. The van der Waals surface area contributed by atoms with Gasteiger partial charge in [-0.05, 0) is 48.5 Å². The number of amides is 2. The minimum atomic E-state index is -0.602. The number of carbonyl (C=O) groups excluding carboxylic acids is 2. The first-order valence-corrected chi connectivity index (χ1v) is 8.56. The molecule has 2 aromatic carbocycles. The molecule has 3 aromatic rings. The van der Waals surface area contributed by atoms with E-state index in [1.165, 1.54) is 30.3 Å². The van der Waals surface area contributed by atoms with E-state index in [1.54, 1.807) is 24.3 Å². The number of halogens is 1. The highest BCUT2D eigenvalue weighted by molar-refractivity contribution is 6.06. The second-order valence-electron chi connectivity index (χ2n) is 6.24. The molecule has 0 saturated carbocycles. The lowest BCUT2D eigenvalue weighted by molar-refractivity contribution is 0.101. The fourth-order valence-electron chi connectivity index (χ4n) is 2.47. The summed E-state index contributed by atoms with van der Waals surface area (Å²) in [5.74, 6) is -1.60. The van der Waals surface area contributed by atoms with Crippen molar-refractivity contribution >= 4 is 28.9 Å². The highest BCUT2D eigenvalue weighted by Gasteiger charge is 2.14. The van der Waals surface area contributed by atoms with Crippen LogP contribution in [0.4, 0.5) is 21.5 Å². The van der Waals surface area contributed by atoms with Crippen LogP contribution in [-0.4, -0.2) is 30.9 Å². The van der Waals surface area contributed by atoms with Gasteiger partial charge in [0.05, 0.1) is 5.69 Å². The van der Waals surface area contributed by atoms with E-state index in [4.69, 9.17) is 0 Å². The first kappa shape index (κ1) is 19.0. The van der Waals surface area contributed by atoms with Crippen LogP contribution in [0.15, 0.2) is 66.7 Å². The Labute approximate surface area is 162 Å². The largest absolute Gasteiger partial charge is 0.378 e. The standard InChI is InChI=1S/C21H19FN4O2/c1-26(2)15-12-10-14(11-13-15)23-20(27)18-8-5-9-19(24-18)21(28)25-17-7-4-3-6-16(17)22/h3-13H,1-2H3,(H,23,27)(H,25,28). The molecule has 0 bridgehead atoms. The molecule has 0 saturated heterocycles. The SMILES string of the molecule is CN(C)c1ccc(NC(=O)c2cccc(C(=O)Nc3ccccc3F)n2)cc1. The topological polar surface area (TPSA) is 74.3 Å². The van der Waals surface area contributed by atoms with Crippen LogP contribution < -0.4 is 15.5 Å². The lowest BCUT2D eigenvalue weighted by Crippen LogP contribution is -2.19. The van der Waals surface area contributed by atoms with Gasteiger partial charge in [0.2, 0.25) is 0 Å². The van der Waals surface area contributed by atoms with E-state index in [0.717, 1.165) is 5.69 Å². The maximum absolute atomic E-state index is 13.7. The van der Waals surface area contributed by atoms with Crippen LogP contribution in [0, 0.1) is 5.82 Å². The average Bonchev–Trinajstić information content (AvgIpc) is 2.70. The predicted molar refractivity (Wildman–Crippen MR) is 107 cm³/mol. The van der Waals surface area contributed by atoms with Crippen molar-refractivity contribution in [2.24, 2.45) is 0 Å².